The van der Waals surface area contributed by atoms with Crippen LogP contribution in [0, 0.1) is 17.7 Å². The molecule has 3 fully saturated rings. The average Bonchev–Trinajstić information content (AvgIpc) is 3.36. The number of benzene rings is 1. The van der Waals surface area contributed by atoms with Crippen molar-refractivity contribution >= 4 is 24.2 Å². The third-order valence-electron chi connectivity index (χ3n) is 6.36. The Morgan fingerprint density at radius 3 is 2.71 bits per heavy atom. The Balaban J connectivity index is 0.00000225. The number of carbonyl (C=O) groups excluding carboxylic acids is 2. The molecule has 4 rings (SSSR count). The molecule has 28 heavy (non-hydrogen) atoms. The minimum Gasteiger partial charge on any atom is -0.353 e. The van der Waals surface area contributed by atoms with Crippen molar-refractivity contribution in [1.82, 2.24) is 15.5 Å². The lowest BCUT2D eigenvalue weighted by atomic mass is 9.89. The summed E-state index contributed by atoms with van der Waals surface area (Å²) in [6, 6.07) is 6.76. The molecule has 0 aromatic heterocycles. The molecule has 2 heterocycles. The van der Waals surface area contributed by atoms with Crippen LogP contribution in [0.1, 0.15) is 50.1 Å². The maximum Gasteiger partial charge on any atom is 0.223 e. The molecule has 3 aliphatic rings. The standard InChI is InChI=1S/C21H28FN3O2.ClH/c22-16-5-3-4-14(10-16)21-18-12-23-11-15(18)13-25(21)20(27)9-8-19(26)24-17-6-1-2-7-17;/h3-5,10,15,17-18,21,23H,1-2,6-9,11-13H2,(H,24,26);1H/t15-,18-,21+;/m0./s1. The van der Waals surface area contributed by atoms with Crippen LogP contribution in [-0.4, -0.2) is 42.4 Å². The maximum atomic E-state index is 13.8. The SMILES string of the molecule is Cl.O=C(CCC(=O)N1C[C@@H]2CNC[C@@H]2[C@H]1c1cccc(F)c1)NC1CCCC1. The molecule has 0 bridgehead atoms. The van der Waals surface area contributed by atoms with E-state index >= 15 is 0 Å². The molecule has 154 valence electrons. The summed E-state index contributed by atoms with van der Waals surface area (Å²) < 4.78 is 13.8. The van der Waals surface area contributed by atoms with Gasteiger partial charge in [0.15, 0.2) is 0 Å². The number of nitrogens with zero attached hydrogens (tertiary/aromatic N) is 1. The third kappa shape index (κ3) is 4.49. The van der Waals surface area contributed by atoms with E-state index in [2.05, 4.69) is 10.6 Å². The molecule has 2 amide bonds. The van der Waals surface area contributed by atoms with E-state index in [1.165, 1.54) is 18.9 Å². The van der Waals surface area contributed by atoms with E-state index in [9.17, 15) is 14.0 Å². The predicted octanol–water partition coefficient (Wildman–Crippen LogP) is 2.81. The molecular formula is C21H29ClFN3O2. The summed E-state index contributed by atoms with van der Waals surface area (Å²) in [6.45, 7) is 2.42. The predicted molar refractivity (Wildman–Crippen MR) is 108 cm³/mol. The Morgan fingerprint density at radius 2 is 1.96 bits per heavy atom. The van der Waals surface area contributed by atoms with Gasteiger partial charge in [-0.05, 0) is 36.5 Å². The molecule has 0 unspecified atom stereocenters. The number of fused-ring (bicyclic) bond motifs is 1. The number of carbonyl (C=O) groups is 2. The molecule has 5 nitrogen and oxygen atoms in total. The maximum absolute atomic E-state index is 13.8. The average molecular weight is 410 g/mol. The lowest BCUT2D eigenvalue weighted by molar-refractivity contribution is -0.135. The van der Waals surface area contributed by atoms with E-state index in [-0.39, 0.29) is 55.0 Å². The molecule has 1 aromatic carbocycles. The molecule has 2 N–H and O–H groups in total. The summed E-state index contributed by atoms with van der Waals surface area (Å²) in [7, 11) is 0. The minimum absolute atomic E-state index is 0. The lowest BCUT2D eigenvalue weighted by Crippen LogP contribution is -2.37. The molecule has 1 aliphatic carbocycles. The van der Waals surface area contributed by atoms with Crippen LogP contribution in [0.4, 0.5) is 4.39 Å². The Kier molecular flexibility index (Phi) is 6.94. The number of hydrogen-bond donors (Lipinski definition) is 2. The van der Waals surface area contributed by atoms with Gasteiger partial charge in [0.1, 0.15) is 5.82 Å². The van der Waals surface area contributed by atoms with Gasteiger partial charge in [0.2, 0.25) is 11.8 Å². The quantitative estimate of drug-likeness (QED) is 0.786. The van der Waals surface area contributed by atoms with Crippen molar-refractivity contribution in [2.45, 2.75) is 50.6 Å². The first-order valence-electron chi connectivity index (χ1n) is 10.2. The monoisotopic (exact) mass is 409 g/mol. The summed E-state index contributed by atoms with van der Waals surface area (Å²) in [6.07, 6.45) is 4.88. The fraction of sp³-hybridized carbons (Fsp3) is 0.619. The largest absolute Gasteiger partial charge is 0.353 e. The highest BCUT2D eigenvalue weighted by atomic mass is 35.5. The Morgan fingerprint density at radius 1 is 1.18 bits per heavy atom. The van der Waals surface area contributed by atoms with Crippen LogP contribution < -0.4 is 10.6 Å². The zero-order valence-electron chi connectivity index (χ0n) is 16.0. The third-order valence-corrected chi connectivity index (χ3v) is 6.36. The van der Waals surface area contributed by atoms with Crippen LogP contribution in [0.5, 0.6) is 0 Å². The highest BCUT2D eigenvalue weighted by molar-refractivity contribution is 5.85. The summed E-state index contributed by atoms with van der Waals surface area (Å²) in [5, 5.41) is 6.44. The first-order chi connectivity index (χ1) is 13.1. The van der Waals surface area contributed by atoms with E-state index in [0.717, 1.165) is 31.5 Å². The van der Waals surface area contributed by atoms with E-state index in [0.29, 0.717) is 18.4 Å². The van der Waals surface area contributed by atoms with Gasteiger partial charge in [-0.2, -0.15) is 0 Å². The Hall–Kier alpha value is -1.66. The molecular weight excluding hydrogens is 381 g/mol. The van der Waals surface area contributed by atoms with Crippen LogP contribution in [0.25, 0.3) is 0 Å². The molecule has 3 atom stereocenters. The number of halogens is 2. The van der Waals surface area contributed by atoms with Crippen LogP contribution in [0.3, 0.4) is 0 Å². The molecule has 2 saturated heterocycles. The van der Waals surface area contributed by atoms with Gasteiger partial charge in [0.25, 0.3) is 0 Å². The summed E-state index contributed by atoms with van der Waals surface area (Å²) in [4.78, 5) is 27.0. The van der Waals surface area contributed by atoms with E-state index in [1.807, 2.05) is 11.0 Å². The summed E-state index contributed by atoms with van der Waals surface area (Å²) >= 11 is 0. The van der Waals surface area contributed by atoms with Crippen molar-refractivity contribution in [3.63, 3.8) is 0 Å². The van der Waals surface area contributed by atoms with Gasteiger partial charge in [0, 0.05) is 44.4 Å². The van der Waals surface area contributed by atoms with Crippen molar-refractivity contribution in [2.75, 3.05) is 19.6 Å². The number of rotatable bonds is 5. The van der Waals surface area contributed by atoms with Crippen molar-refractivity contribution in [3.8, 4) is 0 Å². The number of amides is 2. The van der Waals surface area contributed by atoms with Gasteiger partial charge in [-0.25, -0.2) is 4.39 Å². The second kappa shape index (κ2) is 9.23. The van der Waals surface area contributed by atoms with Gasteiger partial charge in [-0.15, -0.1) is 12.4 Å². The second-order valence-corrected chi connectivity index (χ2v) is 8.18. The smallest absolute Gasteiger partial charge is 0.223 e. The van der Waals surface area contributed by atoms with Crippen molar-refractivity contribution in [2.24, 2.45) is 11.8 Å². The highest BCUT2D eigenvalue weighted by Crippen LogP contribution is 2.43. The van der Waals surface area contributed by atoms with E-state index < -0.39 is 0 Å². The number of nitrogens with one attached hydrogen (secondary N) is 2. The first kappa shape index (κ1) is 21.1. The summed E-state index contributed by atoms with van der Waals surface area (Å²) in [5.41, 5.74) is 0.856. The van der Waals surface area contributed by atoms with Crippen LogP contribution >= 0.6 is 12.4 Å². The van der Waals surface area contributed by atoms with Crippen molar-refractivity contribution in [3.05, 3.63) is 35.6 Å². The van der Waals surface area contributed by atoms with Gasteiger partial charge in [-0.1, -0.05) is 25.0 Å². The molecule has 7 heteroatoms. The van der Waals surface area contributed by atoms with Crippen LogP contribution in [0.15, 0.2) is 24.3 Å². The Bertz CT molecular complexity index is 711. The topological polar surface area (TPSA) is 61.4 Å². The minimum atomic E-state index is -0.273. The molecule has 1 saturated carbocycles. The van der Waals surface area contributed by atoms with Gasteiger partial charge < -0.3 is 15.5 Å². The Labute approximate surface area is 171 Å². The number of hydrogen-bond acceptors (Lipinski definition) is 3. The van der Waals surface area contributed by atoms with Crippen molar-refractivity contribution in [1.29, 1.82) is 0 Å². The van der Waals surface area contributed by atoms with Crippen LogP contribution in [-0.2, 0) is 9.59 Å². The first-order valence-corrected chi connectivity index (χ1v) is 10.2. The molecule has 0 radical (unpaired) electrons. The highest BCUT2D eigenvalue weighted by Gasteiger charge is 2.46. The molecule has 2 aliphatic heterocycles. The second-order valence-electron chi connectivity index (χ2n) is 8.18. The lowest BCUT2D eigenvalue weighted by Gasteiger charge is -2.28. The molecule has 1 aromatic rings. The zero-order chi connectivity index (χ0) is 18.8. The van der Waals surface area contributed by atoms with Gasteiger partial charge in [-0.3, -0.25) is 9.59 Å². The van der Waals surface area contributed by atoms with E-state index in [4.69, 9.17) is 0 Å². The van der Waals surface area contributed by atoms with Crippen LogP contribution in [0.2, 0.25) is 0 Å². The fourth-order valence-corrected chi connectivity index (χ4v) is 5.03. The normalized spacial score (nSPS) is 26.8. The molecule has 0 spiro atoms. The van der Waals surface area contributed by atoms with Gasteiger partial charge >= 0.3 is 0 Å². The van der Waals surface area contributed by atoms with Gasteiger partial charge in [0.05, 0.1) is 6.04 Å². The number of likely N-dealkylation sites (tertiary alicyclic amines) is 1. The fourth-order valence-electron chi connectivity index (χ4n) is 5.03. The van der Waals surface area contributed by atoms with E-state index in [1.54, 1.807) is 12.1 Å². The summed E-state index contributed by atoms with van der Waals surface area (Å²) in [5.74, 6) is 0.404. The zero-order valence-corrected chi connectivity index (χ0v) is 16.8. The van der Waals surface area contributed by atoms with Crippen molar-refractivity contribution < 1.29 is 14.0 Å².